The molecule has 3 aromatic rings. The molecule has 0 spiro atoms. The summed E-state index contributed by atoms with van der Waals surface area (Å²) in [5.74, 6) is 0.767. The number of aromatic nitrogens is 1. The minimum absolute atomic E-state index is 0.0920. The third-order valence-corrected chi connectivity index (χ3v) is 5.24. The van der Waals surface area contributed by atoms with Crippen molar-refractivity contribution in [1.29, 1.82) is 0 Å². The van der Waals surface area contributed by atoms with Crippen LogP contribution in [0, 0.1) is 5.92 Å². The Bertz CT molecular complexity index is 932. The van der Waals surface area contributed by atoms with Gasteiger partial charge in [-0.05, 0) is 19.4 Å². The van der Waals surface area contributed by atoms with Gasteiger partial charge in [0.05, 0.1) is 12.1 Å². The Morgan fingerprint density at radius 2 is 1.53 bits per heavy atom. The first-order chi connectivity index (χ1) is 14.5. The highest BCUT2D eigenvalue weighted by atomic mass is 16.5. The van der Waals surface area contributed by atoms with Gasteiger partial charge in [0.2, 0.25) is 11.8 Å². The molecule has 0 saturated heterocycles. The maximum absolute atomic E-state index is 13.1. The number of carbonyl (C=O) groups excluding carboxylic acids is 1. The highest BCUT2D eigenvalue weighted by Gasteiger charge is 2.26. The van der Waals surface area contributed by atoms with Crippen molar-refractivity contribution < 1.29 is 9.32 Å². The largest absolute Gasteiger partial charge is 0.341 e. The van der Waals surface area contributed by atoms with Crippen molar-refractivity contribution in [2.45, 2.75) is 40.8 Å². The summed E-state index contributed by atoms with van der Waals surface area (Å²) in [6.07, 6.45) is 0. The Balaban J connectivity index is 2.03. The van der Waals surface area contributed by atoms with E-state index in [2.05, 4.69) is 36.0 Å². The Morgan fingerprint density at radius 3 is 2.10 bits per heavy atom. The van der Waals surface area contributed by atoms with E-state index in [1.807, 2.05) is 67.3 Å². The summed E-state index contributed by atoms with van der Waals surface area (Å²) in [6, 6.07) is 20.1. The number of nitrogens with zero attached hydrogens (tertiary/aromatic N) is 3. The van der Waals surface area contributed by atoms with E-state index in [4.69, 9.17) is 4.52 Å². The number of hydrogen-bond acceptors (Lipinski definition) is 4. The normalized spacial score (nSPS) is 11.0. The van der Waals surface area contributed by atoms with Gasteiger partial charge in [0.1, 0.15) is 5.69 Å². The highest BCUT2D eigenvalue weighted by molar-refractivity contribution is 5.79. The Morgan fingerprint density at radius 1 is 0.933 bits per heavy atom. The van der Waals surface area contributed by atoms with Crippen molar-refractivity contribution >= 4 is 11.8 Å². The van der Waals surface area contributed by atoms with Crippen molar-refractivity contribution in [2.75, 3.05) is 18.0 Å². The summed E-state index contributed by atoms with van der Waals surface area (Å²) in [5.41, 5.74) is 3.85. The monoisotopic (exact) mass is 405 g/mol. The average Bonchev–Trinajstić information content (AvgIpc) is 3.18. The molecule has 0 fully saturated rings. The quantitative estimate of drug-likeness (QED) is 0.480. The lowest BCUT2D eigenvalue weighted by Crippen LogP contribution is -2.34. The maximum atomic E-state index is 13.1. The van der Waals surface area contributed by atoms with Crippen LogP contribution in [0.5, 0.6) is 0 Å². The van der Waals surface area contributed by atoms with Crippen LogP contribution in [0.2, 0.25) is 0 Å². The molecule has 0 aliphatic rings. The van der Waals surface area contributed by atoms with E-state index in [-0.39, 0.29) is 11.8 Å². The van der Waals surface area contributed by atoms with Crippen molar-refractivity contribution in [3.05, 3.63) is 71.8 Å². The third kappa shape index (κ3) is 4.90. The van der Waals surface area contributed by atoms with Crippen LogP contribution in [0.3, 0.4) is 0 Å². The molecule has 0 radical (unpaired) electrons. The second kappa shape index (κ2) is 10.1. The van der Waals surface area contributed by atoms with Crippen LogP contribution in [0.15, 0.2) is 65.2 Å². The van der Waals surface area contributed by atoms with E-state index in [1.54, 1.807) is 0 Å². The molecule has 5 nitrogen and oxygen atoms in total. The van der Waals surface area contributed by atoms with Gasteiger partial charge in [0.25, 0.3) is 0 Å². The van der Waals surface area contributed by atoms with Gasteiger partial charge in [-0.3, -0.25) is 4.79 Å². The van der Waals surface area contributed by atoms with Crippen molar-refractivity contribution in [2.24, 2.45) is 5.92 Å². The lowest BCUT2D eigenvalue weighted by molar-refractivity contribution is -0.135. The molecule has 3 rings (SSSR count). The lowest BCUT2D eigenvalue weighted by Gasteiger charge is -2.26. The molecule has 30 heavy (non-hydrogen) atoms. The molecule has 0 bridgehead atoms. The second-order valence-electron chi connectivity index (χ2n) is 7.69. The SMILES string of the molecule is CCN(CC)c1onc(-c2ccccc2)c1CN(Cc1ccccc1)C(=O)C(C)C. The van der Waals surface area contributed by atoms with E-state index in [0.717, 1.165) is 41.4 Å². The van der Waals surface area contributed by atoms with Crippen LogP contribution in [0.1, 0.15) is 38.8 Å². The van der Waals surface area contributed by atoms with E-state index in [0.29, 0.717) is 13.1 Å². The highest BCUT2D eigenvalue weighted by Crippen LogP contribution is 2.33. The van der Waals surface area contributed by atoms with Crippen molar-refractivity contribution in [3.63, 3.8) is 0 Å². The minimum Gasteiger partial charge on any atom is -0.341 e. The van der Waals surface area contributed by atoms with E-state index < -0.39 is 0 Å². The second-order valence-corrected chi connectivity index (χ2v) is 7.69. The van der Waals surface area contributed by atoms with Gasteiger partial charge in [-0.15, -0.1) is 0 Å². The van der Waals surface area contributed by atoms with Gasteiger partial charge in [0, 0.05) is 31.1 Å². The van der Waals surface area contributed by atoms with Crippen LogP contribution < -0.4 is 4.90 Å². The molecule has 0 unspecified atom stereocenters. The summed E-state index contributed by atoms with van der Waals surface area (Å²) in [7, 11) is 0. The summed E-state index contributed by atoms with van der Waals surface area (Å²) < 4.78 is 5.82. The standard InChI is InChI=1S/C25H31N3O2/c1-5-27(6-2)25-22(23(26-30-25)21-15-11-8-12-16-21)18-28(24(29)19(3)4)17-20-13-9-7-10-14-20/h7-16,19H,5-6,17-18H2,1-4H3. The summed E-state index contributed by atoms with van der Waals surface area (Å²) >= 11 is 0. The number of anilines is 1. The molecule has 0 N–H and O–H groups in total. The number of benzene rings is 2. The van der Waals surface area contributed by atoms with E-state index in [9.17, 15) is 4.79 Å². The summed E-state index contributed by atoms with van der Waals surface area (Å²) in [4.78, 5) is 17.2. The topological polar surface area (TPSA) is 49.6 Å². The molecule has 0 saturated carbocycles. The fourth-order valence-corrected chi connectivity index (χ4v) is 3.60. The summed E-state index contributed by atoms with van der Waals surface area (Å²) in [5, 5.41) is 4.41. The van der Waals surface area contributed by atoms with Gasteiger partial charge in [-0.2, -0.15) is 0 Å². The first-order valence-electron chi connectivity index (χ1n) is 10.7. The molecule has 158 valence electrons. The zero-order chi connectivity index (χ0) is 21.5. The Hall–Kier alpha value is -3.08. The fraction of sp³-hybridized carbons (Fsp3) is 0.360. The zero-order valence-corrected chi connectivity index (χ0v) is 18.3. The van der Waals surface area contributed by atoms with Crippen LogP contribution >= 0.6 is 0 Å². The molecular formula is C25H31N3O2. The number of carbonyl (C=O) groups is 1. The van der Waals surface area contributed by atoms with Crippen LogP contribution in [-0.4, -0.2) is 29.1 Å². The van der Waals surface area contributed by atoms with Gasteiger partial charge in [-0.1, -0.05) is 79.7 Å². The summed E-state index contributed by atoms with van der Waals surface area (Å²) in [6.45, 7) is 10.7. The van der Waals surface area contributed by atoms with Crippen molar-refractivity contribution in [3.8, 4) is 11.3 Å². The molecule has 1 heterocycles. The van der Waals surface area contributed by atoms with Crippen LogP contribution in [0.4, 0.5) is 5.88 Å². The lowest BCUT2D eigenvalue weighted by atomic mass is 10.1. The zero-order valence-electron chi connectivity index (χ0n) is 18.3. The minimum atomic E-state index is -0.0920. The first-order valence-corrected chi connectivity index (χ1v) is 10.7. The van der Waals surface area contributed by atoms with Crippen molar-refractivity contribution in [1.82, 2.24) is 10.1 Å². The van der Waals surface area contributed by atoms with Crippen LogP contribution in [0.25, 0.3) is 11.3 Å². The number of rotatable bonds is 9. The Labute approximate surface area is 179 Å². The van der Waals surface area contributed by atoms with Crippen LogP contribution in [-0.2, 0) is 17.9 Å². The molecule has 5 heteroatoms. The van der Waals surface area contributed by atoms with Gasteiger partial charge in [-0.25, -0.2) is 0 Å². The predicted octanol–water partition coefficient (Wildman–Crippen LogP) is 5.37. The molecule has 0 atom stereocenters. The molecule has 2 aromatic carbocycles. The third-order valence-electron chi connectivity index (χ3n) is 5.24. The predicted molar refractivity (Wildman–Crippen MR) is 121 cm³/mol. The average molecular weight is 406 g/mol. The molecule has 0 aliphatic carbocycles. The fourth-order valence-electron chi connectivity index (χ4n) is 3.60. The first kappa shape index (κ1) is 21.6. The molecule has 1 aromatic heterocycles. The van der Waals surface area contributed by atoms with Gasteiger partial charge < -0.3 is 14.3 Å². The Kier molecular flexibility index (Phi) is 7.28. The molecule has 0 aliphatic heterocycles. The maximum Gasteiger partial charge on any atom is 0.232 e. The van der Waals surface area contributed by atoms with Gasteiger partial charge >= 0.3 is 0 Å². The smallest absolute Gasteiger partial charge is 0.232 e. The molecule has 1 amide bonds. The van der Waals surface area contributed by atoms with E-state index in [1.165, 1.54) is 0 Å². The molecular weight excluding hydrogens is 374 g/mol. The van der Waals surface area contributed by atoms with Gasteiger partial charge in [0.15, 0.2) is 0 Å². The number of hydrogen-bond donors (Lipinski definition) is 0. The van der Waals surface area contributed by atoms with E-state index >= 15 is 0 Å². The number of amides is 1.